The van der Waals surface area contributed by atoms with E-state index in [1.54, 1.807) is 0 Å². The van der Waals surface area contributed by atoms with Crippen molar-refractivity contribution in [2.45, 2.75) is 0 Å². The highest BCUT2D eigenvalue weighted by Gasteiger charge is 2.22. The molecule has 2 heterocycles. The van der Waals surface area contributed by atoms with Gasteiger partial charge in [0, 0.05) is 32.3 Å². The van der Waals surface area contributed by atoms with Crippen LogP contribution in [0.5, 0.6) is 0 Å². The van der Waals surface area contributed by atoms with Gasteiger partial charge in [0.05, 0.1) is 68.5 Å². The molecule has 0 aliphatic rings. The first kappa shape index (κ1) is 19.6. The van der Waals surface area contributed by atoms with Crippen molar-refractivity contribution >= 4 is 119 Å². The maximum absolute atomic E-state index is 9.96. The van der Waals surface area contributed by atoms with Gasteiger partial charge in [-0.3, -0.25) is 0 Å². The Labute approximate surface area is 554 Å². The lowest BCUT2D eigenvalue weighted by Gasteiger charge is -2.19. The van der Waals surface area contributed by atoms with E-state index < -0.39 is 472 Å². The molecular formula is C82H50O2. The van der Waals surface area contributed by atoms with E-state index in [-0.39, 0.29) is 5.39 Å². The second-order valence-corrected chi connectivity index (χ2v) is 18.3. The minimum Gasteiger partial charge on any atom is -0.455 e. The minimum atomic E-state index is -1.08. The SMILES string of the molecule is [2H]c1c([2H])c([2H])c(-c2c([2H])c(-c3c4c([2H])c([2H])c([2H])c([2H])c4c(-c4c([2H])c([2H])c5oc6c7c([2H])c([2H])c([2H])c([2H])c7c([2H])c([2H])c6c5c4[2H])c4c([2H])c([2H])c([2H])c([2H])c34)c3c([2H])c([2H])c([2H])c([2H])c3c2[2H])c([2H])c1[2H].[2H]c1c([2H])c([2H])c(-c2c3c([2H])c([2H])c([2H])c([2H])c3c(-c3c([2H])c([2H])c4oc5c6c([2H])c([2H])c([2H])c([2H])c6c([2H])c([2H])c5c4c3[2H])c3c([2H])c([2H])c([2H])c([2H])c23)c([2H])c1[2H]. The maximum Gasteiger partial charge on any atom is 0.143 e. The van der Waals surface area contributed by atoms with E-state index >= 15 is 0 Å². The summed E-state index contributed by atoms with van der Waals surface area (Å²) in [5.74, 6) is 0. The summed E-state index contributed by atoms with van der Waals surface area (Å²) in [5, 5.41) is -10.6. The fourth-order valence-electron chi connectivity index (χ4n) is 10.3. The average molecular weight is 1120 g/mol. The van der Waals surface area contributed by atoms with Crippen molar-refractivity contribution in [1.82, 2.24) is 0 Å². The Balaban J connectivity index is 0.000000192. The van der Waals surface area contributed by atoms with E-state index in [9.17, 15) is 19.2 Å². The van der Waals surface area contributed by atoms with E-state index in [1.165, 1.54) is 0 Å². The molecule has 16 aromatic carbocycles. The van der Waals surface area contributed by atoms with Gasteiger partial charge in [-0.1, -0.05) is 254 Å². The molecule has 2 heteroatoms. The largest absolute Gasteiger partial charge is 0.455 e. The molecule has 0 atom stereocenters. The number of benzene rings is 16. The molecular weight excluding hydrogens is 1020 g/mol. The third kappa shape index (κ3) is 7.58. The van der Waals surface area contributed by atoms with Crippen LogP contribution in [0.15, 0.2) is 311 Å². The highest BCUT2D eigenvalue weighted by atomic mass is 16.3. The number of hydrogen-bond donors (Lipinski definition) is 0. The van der Waals surface area contributed by atoms with Crippen molar-refractivity contribution < 1.29 is 77.4 Å². The first-order valence-corrected chi connectivity index (χ1v) is 24.8. The normalized spacial score (nSPS) is 20.1. The molecule has 0 saturated heterocycles. The van der Waals surface area contributed by atoms with Crippen molar-refractivity contribution in [2.75, 3.05) is 0 Å². The predicted molar refractivity (Wildman–Crippen MR) is 357 cm³/mol. The Morgan fingerprint density at radius 1 is 0.190 bits per heavy atom. The second-order valence-electron chi connectivity index (χ2n) is 18.3. The zero-order chi connectivity index (χ0) is 98.8. The molecule has 0 amide bonds. The van der Waals surface area contributed by atoms with Crippen LogP contribution in [0.2, 0.25) is 0 Å². The summed E-state index contributed by atoms with van der Waals surface area (Å²) in [6.07, 6.45) is 0. The van der Waals surface area contributed by atoms with Crippen molar-refractivity contribution in [3.63, 3.8) is 0 Å². The summed E-state index contributed by atoms with van der Waals surface area (Å²) in [5.41, 5.74) is -9.52. The van der Waals surface area contributed by atoms with Crippen molar-refractivity contribution in [3.05, 3.63) is 302 Å². The average Bonchev–Trinajstić information content (AvgIpc) is 1.09. The lowest BCUT2D eigenvalue weighted by molar-refractivity contribution is 0.672. The van der Waals surface area contributed by atoms with Crippen LogP contribution in [0.4, 0.5) is 0 Å². The highest BCUT2D eigenvalue weighted by molar-refractivity contribution is 6.26. The van der Waals surface area contributed by atoms with Crippen LogP contribution in [0.3, 0.4) is 0 Å². The van der Waals surface area contributed by atoms with E-state index in [2.05, 4.69) is 0 Å². The quantitative estimate of drug-likeness (QED) is 0.161. The van der Waals surface area contributed by atoms with Crippen LogP contribution < -0.4 is 0 Å². The fourth-order valence-corrected chi connectivity index (χ4v) is 10.3. The molecule has 0 unspecified atom stereocenters. The van der Waals surface area contributed by atoms with E-state index in [1.807, 2.05) is 0 Å². The molecule has 18 rings (SSSR count). The van der Waals surface area contributed by atoms with Crippen LogP contribution in [0.25, 0.3) is 175 Å². The first-order valence-electron chi connectivity index (χ1n) is 49.8. The number of rotatable bonds is 5. The summed E-state index contributed by atoms with van der Waals surface area (Å²) in [4.78, 5) is 0. The number of fused-ring (bicyclic) bond motifs is 15. The standard InChI is InChI=1S/C46H28O.C36H22O/c1-2-12-29(13-3-1)33-26-31-15-5-6-16-34(31)42(28-33)45-38-20-10-8-18-36(38)44(37-19-9-11-21-39(37)45)32-23-25-43-41(27-32)40-24-22-30-14-4-7-17-35(30)46(40)47-43;1-2-11-24(12-3-1)34-27-14-6-8-16-29(27)35(30-17-9-7-15-28(30)34)25-19-21-33-32(22-25)31-20-18-23-10-4-5-13-26(23)36(31)37-33/h1-28H;1-22H/i1D,2D,3D,4D,5D,6D,7D,8D,9D,10D,11D,12D,13D,14D,15D,16D,17D,18D,19D,20D,21D,22D,23D,24D,25D,26D,27D,28D;1D,2D,3D,4D,5D,6D,7D,8D,9D,10D,11D,12D,13D,14D,15D,16D,17D,18D,19D,20D,21D,22D. The van der Waals surface area contributed by atoms with E-state index in [4.69, 9.17) is 58.2 Å². The molecule has 390 valence electrons. The van der Waals surface area contributed by atoms with Gasteiger partial charge in [-0.2, -0.15) is 0 Å². The molecule has 2 aromatic heterocycles. The molecule has 0 radical (unpaired) electrons. The van der Waals surface area contributed by atoms with E-state index in [0.29, 0.717) is 0 Å². The molecule has 2 nitrogen and oxygen atoms in total. The topological polar surface area (TPSA) is 26.3 Å². The predicted octanol–water partition coefficient (Wildman–Crippen LogP) is 23.6. The van der Waals surface area contributed by atoms with Gasteiger partial charge < -0.3 is 8.83 Å². The molecule has 0 N–H and O–H groups in total. The van der Waals surface area contributed by atoms with Gasteiger partial charge in [-0.15, -0.1) is 0 Å². The smallest absolute Gasteiger partial charge is 0.143 e. The van der Waals surface area contributed by atoms with Gasteiger partial charge in [0.1, 0.15) is 22.3 Å². The molecule has 0 bridgehead atoms. The van der Waals surface area contributed by atoms with Crippen LogP contribution in [-0.2, 0) is 0 Å². The van der Waals surface area contributed by atoms with Crippen molar-refractivity contribution in [1.29, 1.82) is 0 Å². The Hall–Kier alpha value is -11.1. The Bertz CT molecular complexity index is 8570. The van der Waals surface area contributed by atoms with Crippen molar-refractivity contribution in [3.8, 4) is 55.6 Å². The summed E-state index contributed by atoms with van der Waals surface area (Å²) in [7, 11) is 0. The Morgan fingerprint density at radius 2 is 0.536 bits per heavy atom. The monoisotopic (exact) mass is 1120 g/mol. The molecule has 0 aliphatic carbocycles. The minimum absolute atomic E-state index is 0.364. The third-order valence-corrected chi connectivity index (χ3v) is 13.8. The Kier molecular flexibility index (Phi) is 4.49. The van der Waals surface area contributed by atoms with Gasteiger partial charge >= 0.3 is 0 Å². The maximum atomic E-state index is 9.96. The Morgan fingerprint density at radius 3 is 0.976 bits per heavy atom. The molecule has 84 heavy (non-hydrogen) atoms. The van der Waals surface area contributed by atoms with Crippen molar-refractivity contribution in [2.24, 2.45) is 0 Å². The van der Waals surface area contributed by atoms with Crippen LogP contribution >= 0.6 is 0 Å². The summed E-state index contributed by atoms with van der Waals surface area (Å²) < 4.78 is 458. The lowest BCUT2D eigenvalue weighted by atomic mass is 9.83. The third-order valence-electron chi connectivity index (χ3n) is 13.8. The molecule has 0 spiro atoms. The molecule has 0 aliphatic heterocycles. The number of hydrogen-bond acceptors (Lipinski definition) is 2. The molecule has 0 fully saturated rings. The van der Waals surface area contributed by atoms with Crippen LogP contribution in [-0.4, -0.2) is 0 Å². The summed E-state index contributed by atoms with van der Waals surface area (Å²) >= 11 is 0. The summed E-state index contributed by atoms with van der Waals surface area (Å²) in [6.45, 7) is 0. The lowest BCUT2D eigenvalue weighted by Crippen LogP contribution is -1.92. The van der Waals surface area contributed by atoms with Gasteiger partial charge in [0.15, 0.2) is 0 Å². The highest BCUT2D eigenvalue weighted by Crippen LogP contribution is 2.49. The fraction of sp³-hybridized carbons (Fsp3) is 0. The molecule has 0 saturated carbocycles. The second kappa shape index (κ2) is 19.3. The van der Waals surface area contributed by atoms with E-state index in [0.717, 1.165) is 0 Å². The van der Waals surface area contributed by atoms with Gasteiger partial charge in [0.2, 0.25) is 0 Å². The van der Waals surface area contributed by atoms with Crippen LogP contribution in [0.1, 0.15) is 68.5 Å². The molecule has 18 aromatic rings. The number of furan rings is 2. The van der Waals surface area contributed by atoms with Crippen LogP contribution in [0, 0.1) is 0 Å². The van der Waals surface area contributed by atoms with Gasteiger partial charge in [-0.25, -0.2) is 0 Å². The van der Waals surface area contributed by atoms with Gasteiger partial charge in [-0.05, 0) is 169 Å². The zero-order valence-corrected chi connectivity index (χ0v) is 41.8. The van der Waals surface area contributed by atoms with Gasteiger partial charge in [0.25, 0.3) is 0 Å². The zero-order valence-electron chi connectivity index (χ0n) is 91.8. The summed E-state index contributed by atoms with van der Waals surface area (Å²) in [6, 6.07) is -44.4. The first-order chi connectivity index (χ1) is 62.5.